The lowest BCUT2D eigenvalue weighted by molar-refractivity contribution is 0.302. The van der Waals surface area contributed by atoms with Gasteiger partial charge in [0.05, 0.1) is 5.69 Å². The first-order chi connectivity index (χ1) is 13.0. The molecule has 0 spiro atoms. The number of hydrogen-bond donors (Lipinski definition) is 1. The molecule has 0 saturated carbocycles. The van der Waals surface area contributed by atoms with Crippen LogP contribution in [-0.2, 0) is 13.7 Å². The van der Waals surface area contributed by atoms with E-state index >= 15 is 0 Å². The molecule has 0 fully saturated rings. The Kier molecular flexibility index (Phi) is 4.33. The number of rotatable bonds is 4. The summed E-state index contributed by atoms with van der Waals surface area (Å²) in [5.74, 6) is 0.815. The van der Waals surface area contributed by atoms with E-state index in [1.807, 2.05) is 6.07 Å². The molecule has 0 aliphatic rings. The maximum absolute atomic E-state index is 12.5. The van der Waals surface area contributed by atoms with Gasteiger partial charge in [0.2, 0.25) is 0 Å². The van der Waals surface area contributed by atoms with Gasteiger partial charge in [-0.2, -0.15) is 0 Å². The lowest BCUT2D eigenvalue weighted by Crippen LogP contribution is -2.23. The number of benzene rings is 2. The van der Waals surface area contributed by atoms with Crippen molar-refractivity contribution >= 4 is 17.2 Å². The lowest BCUT2D eigenvalue weighted by Gasteiger charge is -2.07. The maximum Gasteiger partial charge on any atom is 0.333 e. The van der Waals surface area contributed by atoms with Gasteiger partial charge in [0.1, 0.15) is 18.1 Å². The highest BCUT2D eigenvalue weighted by Gasteiger charge is 2.13. The fourth-order valence-corrected chi connectivity index (χ4v) is 3.00. The number of hydrogen-bond acceptors (Lipinski definition) is 4. The standard InChI is InChI=1S/C20H16ClN3O3/c1-23-11-18(13-3-2-4-16(25)9-13)19-22-15(10-24(19)20(23)26)12-27-17-7-5-14(21)6-8-17/h2-11,25H,12H2,1H3. The minimum atomic E-state index is -0.209. The van der Waals surface area contributed by atoms with Crippen molar-refractivity contribution in [2.24, 2.45) is 7.05 Å². The minimum absolute atomic E-state index is 0.150. The van der Waals surface area contributed by atoms with Crippen LogP contribution in [0.25, 0.3) is 16.8 Å². The summed E-state index contributed by atoms with van der Waals surface area (Å²) >= 11 is 5.88. The van der Waals surface area contributed by atoms with E-state index in [2.05, 4.69) is 4.98 Å². The van der Waals surface area contributed by atoms with Gasteiger partial charge in [0.15, 0.2) is 5.65 Å². The first kappa shape index (κ1) is 17.2. The van der Waals surface area contributed by atoms with Crippen molar-refractivity contribution in [2.75, 3.05) is 0 Å². The number of aromatic nitrogens is 3. The predicted molar refractivity (Wildman–Crippen MR) is 103 cm³/mol. The fraction of sp³-hybridized carbons (Fsp3) is 0.100. The number of halogens is 1. The first-order valence-corrected chi connectivity index (χ1v) is 8.64. The molecule has 0 amide bonds. The molecule has 4 rings (SSSR count). The number of imidazole rings is 1. The highest BCUT2D eigenvalue weighted by Crippen LogP contribution is 2.26. The van der Waals surface area contributed by atoms with E-state index in [0.29, 0.717) is 22.1 Å². The minimum Gasteiger partial charge on any atom is -0.508 e. The molecule has 0 aliphatic heterocycles. The normalized spacial score (nSPS) is 11.0. The van der Waals surface area contributed by atoms with Crippen molar-refractivity contribution in [3.63, 3.8) is 0 Å². The molecule has 0 unspecified atom stereocenters. The van der Waals surface area contributed by atoms with Gasteiger partial charge in [-0.15, -0.1) is 0 Å². The number of aryl methyl sites for hydroxylation is 1. The maximum atomic E-state index is 12.5. The summed E-state index contributed by atoms with van der Waals surface area (Å²) in [5, 5.41) is 10.4. The van der Waals surface area contributed by atoms with Crippen molar-refractivity contribution in [1.82, 2.24) is 14.0 Å². The lowest BCUT2D eigenvalue weighted by atomic mass is 10.1. The number of phenolic OH excluding ortho intramolecular Hbond substituents is 1. The second-order valence-corrected chi connectivity index (χ2v) is 6.59. The van der Waals surface area contributed by atoms with E-state index in [9.17, 15) is 9.90 Å². The van der Waals surface area contributed by atoms with E-state index in [1.165, 1.54) is 8.97 Å². The molecule has 7 heteroatoms. The summed E-state index contributed by atoms with van der Waals surface area (Å²) in [6.07, 6.45) is 3.38. The van der Waals surface area contributed by atoms with Crippen molar-refractivity contribution in [3.8, 4) is 22.6 Å². The van der Waals surface area contributed by atoms with Crippen LogP contribution in [0.2, 0.25) is 5.02 Å². The Balaban J connectivity index is 1.74. The molecule has 2 aromatic carbocycles. The zero-order chi connectivity index (χ0) is 19.0. The van der Waals surface area contributed by atoms with Gasteiger partial charge >= 0.3 is 5.69 Å². The summed E-state index contributed by atoms with van der Waals surface area (Å²) in [7, 11) is 1.68. The summed E-state index contributed by atoms with van der Waals surface area (Å²) in [4.78, 5) is 17.1. The van der Waals surface area contributed by atoms with Gasteiger partial charge in [-0.3, -0.25) is 4.40 Å². The first-order valence-electron chi connectivity index (χ1n) is 8.26. The number of phenols is 1. The van der Waals surface area contributed by atoms with Crippen LogP contribution in [0.15, 0.2) is 65.7 Å². The molecule has 2 aromatic heterocycles. The Morgan fingerprint density at radius 2 is 1.93 bits per heavy atom. The Morgan fingerprint density at radius 3 is 2.67 bits per heavy atom. The largest absolute Gasteiger partial charge is 0.508 e. The van der Waals surface area contributed by atoms with Crippen LogP contribution in [0, 0.1) is 0 Å². The predicted octanol–water partition coefficient (Wildman–Crippen LogP) is 3.64. The molecule has 0 aliphatic carbocycles. The van der Waals surface area contributed by atoms with Gasteiger partial charge in [-0.25, -0.2) is 9.78 Å². The third kappa shape index (κ3) is 3.39. The SMILES string of the molecule is Cn1cc(-c2cccc(O)c2)c2nc(COc3ccc(Cl)cc3)cn2c1=O. The molecule has 0 bridgehead atoms. The van der Waals surface area contributed by atoms with Crippen LogP contribution in [0.1, 0.15) is 5.69 Å². The molecule has 1 N–H and O–H groups in total. The van der Waals surface area contributed by atoms with Gasteiger partial charge < -0.3 is 14.4 Å². The van der Waals surface area contributed by atoms with Gasteiger partial charge in [-0.05, 0) is 42.0 Å². The summed E-state index contributed by atoms with van der Waals surface area (Å²) in [6, 6.07) is 13.9. The molecule has 2 heterocycles. The van der Waals surface area contributed by atoms with Crippen LogP contribution in [0.5, 0.6) is 11.5 Å². The number of aromatic hydroxyl groups is 1. The van der Waals surface area contributed by atoms with Gasteiger partial charge in [-0.1, -0.05) is 23.7 Å². The number of ether oxygens (including phenoxy) is 1. The Hall–Kier alpha value is -3.25. The van der Waals surface area contributed by atoms with E-state index in [0.717, 1.165) is 11.1 Å². The van der Waals surface area contributed by atoms with E-state index in [4.69, 9.17) is 16.3 Å². The van der Waals surface area contributed by atoms with Gasteiger partial charge in [0, 0.05) is 30.0 Å². The molecular formula is C20H16ClN3O3. The zero-order valence-corrected chi connectivity index (χ0v) is 15.2. The van der Waals surface area contributed by atoms with Crippen molar-refractivity contribution in [2.45, 2.75) is 6.61 Å². The van der Waals surface area contributed by atoms with Crippen LogP contribution in [0.3, 0.4) is 0 Å². The topological polar surface area (TPSA) is 68.8 Å². The van der Waals surface area contributed by atoms with E-state index in [-0.39, 0.29) is 18.0 Å². The molecule has 27 heavy (non-hydrogen) atoms. The highest BCUT2D eigenvalue weighted by atomic mass is 35.5. The number of nitrogens with zero attached hydrogens (tertiary/aromatic N) is 3. The third-order valence-electron chi connectivity index (χ3n) is 4.18. The zero-order valence-electron chi connectivity index (χ0n) is 14.5. The van der Waals surface area contributed by atoms with E-state index < -0.39 is 0 Å². The quantitative estimate of drug-likeness (QED) is 0.586. The fourth-order valence-electron chi connectivity index (χ4n) is 2.88. The molecule has 0 radical (unpaired) electrons. The Morgan fingerprint density at radius 1 is 1.15 bits per heavy atom. The monoisotopic (exact) mass is 381 g/mol. The van der Waals surface area contributed by atoms with Crippen LogP contribution < -0.4 is 10.4 Å². The van der Waals surface area contributed by atoms with Crippen LogP contribution in [0.4, 0.5) is 0 Å². The molecule has 0 saturated heterocycles. The third-order valence-corrected chi connectivity index (χ3v) is 4.44. The molecular weight excluding hydrogens is 366 g/mol. The van der Waals surface area contributed by atoms with Gasteiger partial charge in [0.25, 0.3) is 0 Å². The van der Waals surface area contributed by atoms with Crippen LogP contribution >= 0.6 is 11.6 Å². The molecule has 4 aromatic rings. The Bertz CT molecular complexity index is 1180. The smallest absolute Gasteiger partial charge is 0.333 e. The highest BCUT2D eigenvalue weighted by molar-refractivity contribution is 6.30. The number of fused-ring (bicyclic) bond motifs is 1. The van der Waals surface area contributed by atoms with Crippen molar-refractivity contribution in [1.29, 1.82) is 0 Å². The average molecular weight is 382 g/mol. The average Bonchev–Trinajstić information content (AvgIpc) is 3.09. The summed E-state index contributed by atoms with van der Waals surface area (Å²) in [5.41, 5.74) is 2.43. The molecule has 6 nitrogen and oxygen atoms in total. The second kappa shape index (κ2) is 6.81. The summed E-state index contributed by atoms with van der Waals surface area (Å²) < 4.78 is 8.70. The van der Waals surface area contributed by atoms with Crippen LogP contribution in [-0.4, -0.2) is 19.1 Å². The van der Waals surface area contributed by atoms with Crippen molar-refractivity contribution < 1.29 is 9.84 Å². The van der Waals surface area contributed by atoms with E-state index in [1.54, 1.807) is 61.9 Å². The summed E-state index contributed by atoms with van der Waals surface area (Å²) in [6.45, 7) is 0.214. The second-order valence-electron chi connectivity index (χ2n) is 6.16. The molecule has 0 atom stereocenters. The molecule has 136 valence electrons. The Labute approximate surface area is 159 Å². The van der Waals surface area contributed by atoms with Crippen molar-refractivity contribution in [3.05, 3.63) is 82.1 Å².